The lowest BCUT2D eigenvalue weighted by molar-refractivity contribution is -0.132. The average Bonchev–Trinajstić information content (AvgIpc) is 3.29. The van der Waals surface area contributed by atoms with Crippen molar-refractivity contribution >= 4 is 22.8 Å². The molecule has 1 aliphatic heterocycles. The number of methoxy groups -OCH3 is 2. The topological polar surface area (TPSA) is 95.5 Å². The maximum atomic E-state index is 15.0. The number of benzene rings is 2. The first-order valence-corrected chi connectivity index (χ1v) is 14.7. The fraction of sp³-hybridized carbons (Fsp3) is 0.424. The van der Waals surface area contributed by atoms with Crippen molar-refractivity contribution in [3.8, 4) is 17.0 Å². The summed E-state index contributed by atoms with van der Waals surface area (Å²) in [6.45, 7) is 4.84. The fourth-order valence-electron chi connectivity index (χ4n) is 6.29. The highest BCUT2D eigenvalue weighted by Crippen LogP contribution is 2.37. The largest absolute Gasteiger partial charge is 0.480 e. The third-order valence-corrected chi connectivity index (χ3v) is 8.31. The van der Waals surface area contributed by atoms with Crippen LogP contribution in [0.5, 0.6) is 5.88 Å². The third kappa shape index (κ3) is 6.26. The number of rotatable bonds is 11. The minimum atomic E-state index is -0.197. The predicted octanol–water partition coefficient (Wildman–Crippen LogP) is 5.90. The number of amides is 1. The number of anilines is 1. The number of carbonyl (C=O) groups is 1. The summed E-state index contributed by atoms with van der Waals surface area (Å²) in [6.07, 6.45) is 6.48. The number of hydrogen-bond donors (Lipinski definition) is 1. The lowest BCUT2D eigenvalue weighted by Crippen LogP contribution is -2.39. The van der Waals surface area contributed by atoms with Crippen molar-refractivity contribution in [2.24, 2.45) is 0 Å². The van der Waals surface area contributed by atoms with E-state index in [2.05, 4.69) is 33.6 Å². The van der Waals surface area contributed by atoms with Crippen molar-refractivity contribution < 1.29 is 18.7 Å². The van der Waals surface area contributed by atoms with Gasteiger partial charge in [0.05, 0.1) is 18.2 Å². The van der Waals surface area contributed by atoms with Crippen LogP contribution in [0.15, 0.2) is 48.7 Å². The van der Waals surface area contributed by atoms with Crippen molar-refractivity contribution in [2.75, 3.05) is 39.6 Å². The standard InChI is InChI=1S/C33H40FN5O3/c1-22-26-10-5-11-28(34)31(26)39(18-7-19-41-2)30(22)25-9-6-17-38(21-25)29(40)12-4-8-23-13-15-24(16-14-23)27-20-36-33(35)37-32(27)42-3/h5,10-11,13-16,20,25H,4,6-9,12,17-19,21H2,1-3H3,(H2,35,36,37). The summed E-state index contributed by atoms with van der Waals surface area (Å²) in [4.78, 5) is 23.6. The number of ether oxygens (including phenoxy) is 2. The van der Waals surface area contributed by atoms with Gasteiger partial charge in [0.1, 0.15) is 5.82 Å². The summed E-state index contributed by atoms with van der Waals surface area (Å²) in [5.74, 6) is 0.781. The number of hydrogen-bond acceptors (Lipinski definition) is 6. The summed E-state index contributed by atoms with van der Waals surface area (Å²) >= 11 is 0. The highest BCUT2D eigenvalue weighted by Gasteiger charge is 2.29. The Morgan fingerprint density at radius 1 is 1.14 bits per heavy atom. The molecule has 1 saturated heterocycles. The number of piperidine rings is 1. The van der Waals surface area contributed by atoms with E-state index < -0.39 is 0 Å². The summed E-state index contributed by atoms with van der Waals surface area (Å²) in [6, 6.07) is 13.5. The molecule has 2 N–H and O–H groups in total. The number of nitrogens with two attached hydrogens (primary N) is 1. The summed E-state index contributed by atoms with van der Waals surface area (Å²) in [5, 5.41) is 0.958. The molecule has 222 valence electrons. The van der Waals surface area contributed by atoms with Gasteiger partial charge in [-0.25, -0.2) is 9.37 Å². The van der Waals surface area contributed by atoms with Crippen LogP contribution >= 0.6 is 0 Å². The van der Waals surface area contributed by atoms with E-state index in [0.717, 1.165) is 72.0 Å². The number of likely N-dealkylation sites (tertiary alicyclic amines) is 1. The molecule has 8 nitrogen and oxygen atoms in total. The van der Waals surface area contributed by atoms with Crippen LogP contribution in [0.3, 0.4) is 0 Å². The van der Waals surface area contributed by atoms with Gasteiger partial charge in [-0.1, -0.05) is 36.4 Å². The van der Waals surface area contributed by atoms with E-state index in [0.29, 0.717) is 37.5 Å². The van der Waals surface area contributed by atoms with Gasteiger partial charge in [-0.3, -0.25) is 4.79 Å². The quantitative estimate of drug-likeness (QED) is 0.225. The molecule has 3 heterocycles. The number of nitrogen functional groups attached to an aromatic ring is 1. The van der Waals surface area contributed by atoms with Crippen molar-refractivity contribution in [1.29, 1.82) is 0 Å². The molecule has 1 amide bonds. The van der Waals surface area contributed by atoms with Crippen LogP contribution in [0.25, 0.3) is 22.0 Å². The summed E-state index contributed by atoms with van der Waals surface area (Å²) < 4.78 is 27.8. The second-order valence-corrected chi connectivity index (χ2v) is 11.0. The molecule has 2 aromatic carbocycles. The molecule has 1 fully saturated rings. The molecule has 9 heteroatoms. The number of carbonyl (C=O) groups excluding carboxylic acids is 1. The van der Waals surface area contributed by atoms with Crippen molar-refractivity contribution in [1.82, 2.24) is 19.4 Å². The first-order chi connectivity index (χ1) is 20.4. The molecule has 0 bridgehead atoms. The molecule has 1 unspecified atom stereocenters. The number of halogens is 1. The highest BCUT2D eigenvalue weighted by atomic mass is 19.1. The number of nitrogens with zero attached hydrogens (tertiary/aromatic N) is 4. The van der Waals surface area contributed by atoms with Gasteiger partial charge in [0.15, 0.2) is 0 Å². The zero-order valence-electron chi connectivity index (χ0n) is 24.7. The zero-order valence-corrected chi connectivity index (χ0v) is 24.7. The van der Waals surface area contributed by atoms with E-state index in [1.165, 1.54) is 6.07 Å². The lowest BCUT2D eigenvalue weighted by Gasteiger charge is -2.34. The first-order valence-electron chi connectivity index (χ1n) is 14.7. The Kier molecular flexibility index (Phi) is 9.37. The fourth-order valence-corrected chi connectivity index (χ4v) is 6.29. The lowest BCUT2D eigenvalue weighted by atomic mass is 9.91. The average molecular weight is 574 g/mol. The third-order valence-electron chi connectivity index (χ3n) is 8.31. The van der Waals surface area contributed by atoms with Gasteiger partial charge in [0.25, 0.3) is 0 Å². The minimum Gasteiger partial charge on any atom is -0.480 e. The molecule has 1 atom stereocenters. The molecule has 42 heavy (non-hydrogen) atoms. The predicted molar refractivity (Wildman–Crippen MR) is 163 cm³/mol. The van der Waals surface area contributed by atoms with Gasteiger partial charge in [0.2, 0.25) is 17.7 Å². The van der Waals surface area contributed by atoms with Crippen LogP contribution in [0.1, 0.15) is 54.8 Å². The Labute approximate surface area is 246 Å². The molecule has 0 aliphatic carbocycles. The molecular formula is C33H40FN5O3. The van der Waals surface area contributed by atoms with Crippen LogP contribution in [0, 0.1) is 12.7 Å². The van der Waals surface area contributed by atoms with E-state index in [1.807, 2.05) is 23.1 Å². The smallest absolute Gasteiger partial charge is 0.225 e. The van der Waals surface area contributed by atoms with Gasteiger partial charge < -0.3 is 24.7 Å². The monoisotopic (exact) mass is 573 g/mol. The zero-order chi connectivity index (χ0) is 29.6. The Morgan fingerprint density at radius 3 is 2.71 bits per heavy atom. The molecule has 0 spiro atoms. The number of aryl methyl sites for hydroxylation is 3. The van der Waals surface area contributed by atoms with Crippen LogP contribution in [-0.2, 0) is 22.5 Å². The van der Waals surface area contributed by atoms with Crippen LogP contribution in [-0.4, -0.2) is 59.3 Å². The summed E-state index contributed by atoms with van der Waals surface area (Å²) in [5.41, 5.74) is 11.5. The molecule has 5 rings (SSSR count). The van der Waals surface area contributed by atoms with Gasteiger partial charge in [-0.05, 0) is 61.8 Å². The second-order valence-electron chi connectivity index (χ2n) is 11.0. The SMILES string of the molecule is COCCCn1c(C2CCCN(C(=O)CCCc3ccc(-c4cnc(N)nc4OC)cc3)C2)c(C)c2cccc(F)c21. The number of fused-ring (bicyclic) bond motifs is 1. The maximum absolute atomic E-state index is 15.0. The minimum absolute atomic E-state index is 0.172. The molecule has 0 radical (unpaired) electrons. The molecule has 2 aromatic heterocycles. The van der Waals surface area contributed by atoms with Gasteiger partial charge in [-0.2, -0.15) is 4.98 Å². The first kappa shape index (κ1) is 29.5. The van der Waals surface area contributed by atoms with E-state index in [9.17, 15) is 4.79 Å². The van der Waals surface area contributed by atoms with E-state index in [4.69, 9.17) is 15.2 Å². The molecule has 4 aromatic rings. The normalized spacial score (nSPS) is 15.3. The Morgan fingerprint density at radius 2 is 1.95 bits per heavy atom. The molecule has 0 saturated carbocycles. The van der Waals surface area contributed by atoms with E-state index in [1.54, 1.807) is 26.5 Å². The second kappa shape index (κ2) is 13.3. The van der Waals surface area contributed by atoms with Crippen LogP contribution in [0.2, 0.25) is 0 Å². The van der Waals surface area contributed by atoms with E-state index >= 15 is 4.39 Å². The van der Waals surface area contributed by atoms with Gasteiger partial charge >= 0.3 is 0 Å². The van der Waals surface area contributed by atoms with Crippen LogP contribution < -0.4 is 10.5 Å². The van der Waals surface area contributed by atoms with Crippen molar-refractivity contribution in [3.63, 3.8) is 0 Å². The highest BCUT2D eigenvalue weighted by molar-refractivity contribution is 5.86. The van der Waals surface area contributed by atoms with Crippen molar-refractivity contribution in [2.45, 2.75) is 57.9 Å². The van der Waals surface area contributed by atoms with Crippen LogP contribution in [0.4, 0.5) is 10.3 Å². The molecular weight excluding hydrogens is 533 g/mol. The van der Waals surface area contributed by atoms with Crippen molar-refractivity contribution in [3.05, 3.63) is 71.3 Å². The Bertz CT molecular complexity index is 1540. The number of para-hydroxylation sites is 1. The van der Waals surface area contributed by atoms with Gasteiger partial charge in [-0.15, -0.1) is 0 Å². The van der Waals surface area contributed by atoms with Gasteiger partial charge in [0, 0.05) is 63.0 Å². The molecule has 1 aliphatic rings. The Balaban J connectivity index is 1.22. The number of aromatic nitrogens is 3. The van der Waals surface area contributed by atoms with E-state index in [-0.39, 0.29) is 23.6 Å². The summed E-state index contributed by atoms with van der Waals surface area (Å²) in [7, 11) is 3.25. The Hall–Kier alpha value is -3.98. The maximum Gasteiger partial charge on any atom is 0.225 e.